The minimum atomic E-state index is -1.11. The predicted octanol–water partition coefficient (Wildman–Crippen LogP) is 4.99. The summed E-state index contributed by atoms with van der Waals surface area (Å²) in [6.07, 6.45) is 4.84. The van der Waals surface area contributed by atoms with E-state index < -0.39 is 30.2 Å². The van der Waals surface area contributed by atoms with E-state index in [9.17, 15) is 15.0 Å². The monoisotopic (exact) mass is 454 g/mol. The lowest BCUT2D eigenvalue weighted by atomic mass is 9.79. The summed E-state index contributed by atoms with van der Waals surface area (Å²) < 4.78 is 6.59. The molecule has 5 nitrogen and oxygen atoms in total. The topological polar surface area (TPSA) is 87.0 Å². The van der Waals surface area contributed by atoms with Gasteiger partial charge in [0.15, 0.2) is 0 Å². The van der Waals surface area contributed by atoms with E-state index in [0.29, 0.717) is 5.02 Å². The maximum atomic E-state index is 10.8. The fourth-order valence-electron chi connectivity index (χ4n) is 4.73. The third-order valence-electron chi connectivity index (χ3n) is 6.17. The molecule has 1 heterocycles. The zero-order valence-corrected chi connectivity index (χ0v) is 18.5. The highest BCUT2D eigenvalue weighted by Crippen LogP contribution is 2.50. The second-order valence-corrected chi connectivity index (χ2v) is 8.95. The summed E-state index contributed by atoms with van der Waals surface area (Å²) in [7, 11) is 0. The first-order chi connectivity index (χ1) is 15.4. The van der Waals surface area contributed by atoms with Crippen LogP contribution in [0.25, 0.3) is 5.57 Å². The molecule has 0 saturated heterocycles. The highest BCUT2D eigenvalue weighted by Gasteiger charge is 2.44. The highest BCUT2D eigenvalue weighted by molar-refractivity contribution is 6.30. The molecule has 0 aromatic heterocycles. The summed E-state index contributed by atoms with van der Waals surface area (Å²) in [6.45, 7) is 0. The van der Waals surface area contributed by atoms with Crippen LogP contribution < -0.4 is 4.74 Å². The Balaban J connectivity index is 1.79. The number of aliphatic carboxylic acids is 1. The Hall–Kier alpha value is -2.60. The number of aliphatic hydroxyl groups excluding tert-OH is 2. The van der Waals surface area contributed by atoms with Gasteiger partial charge in [-0.15, -0.1) is 0 Å². The van der Waals surface area contributed by atoms with E-state index in [1.165, 1.54) is 0 Å². The maximum Gasteiger partial charge on any atom is 0.305 e. The molecule has 0 radical (unpaired) electrons. The van der Waals surface area contributed by atoms with Gasteiger partial charge in [-0.05, 0) is 55.0 Å². The van der Waals surface area contributed by atoms with Crippen LogP contribution in [-0.4, -0.2) is 39.1 Å². The zero-order valence-electron chi connectivity index (χ0n) is 17.7. The predicted molar refractivity (Wildman–Crippen MR) is 124 cm³/mol. The normalized spacial score (nSPS) is 19.1. The highest BCUT2D eigenvalue weighted by atomic mass is 35.5. The van der Waals surface area contributed by atoms with Crippen molar-refractivity contribution in [3.05, 3.63) is 82.4 Å². The molecule has 2 unspecified atom stereocenters. The molecule has 1 aliphatic carbocycles. The number of aliphatic hydroxyl groups is 2. The fraction of sp³-hybridized carbons (Fsp3) is 0.346. The van der Waals surface area contributed by atoms with Crippen LogP contribution in [-0.2, 0) is 4.79 Å². The van der Waals surface area contributed by atoms with Gasteiger partial charge in [0.1, 0.15) is 11.4 Å². The molecular formula is C26H27ClO5. The average molecular weight is 455 g/mol. The summed E-state index contributed by atoms with van der Waals surface area (Å²) >= 11 is 6.14. The van der Waals surface area contributed by atoms with Crippen molar-refractivity contribution < 1.29 is 24.9 Å². The Morgan fingerprint density at radius 1 is 1.09 bits per heavy atom. The van der Waals surface area contributed by atoms with Crippen molar-refractivity contribution in [2.75, 3.05) is 0 Å². The second-order valence-electron chi connectivity index (χ2n) is 8.51. The van der Waals surface area contributed by atoms with Gasteiger partial charge in [-0.3, -0.25) is 4.79 Å². The van der Waals surface area contributed by atoms with Gasteiger partial charge < -0.3 is 20.1 Å². The van der Waals surface area contributed by atoms with Gasteiger partial charge in [0, 0.05) is 22.6 Å². The van der Waals surface area contributed by atoms with E-state index in [-0.39, 0.29) is 6.42 Å². The Kier molecular flexibility index (Phi) is 6.70. The molecule has 2 aromatic carbocycles. The van der Waals surface area contributed by atoms with Gasteiger partial charge in [0.25, 0.3) is 0 Å². The summed E-state index contributed by atoms with van der Waals surface area (Å²) in [5.74, 6) is -0.252. The largest absolute Gasteiger partial charge is 0.482 e. The van der Waals surface area contributed by atoms with E-state index in [1.54, 1.807) is 6.08 Å². The van der Waals surface area contributed by atoms with Gasteiger partial charge in [-0.25, -0.2) is 0 Å². The van der Waals surface area contributed by atoms with Crippen molar-refractivity contribution in [1.29, 1.82) is 0 Å². The number of para-hydroxylation sites is 1. The molecular weight excluding hydrogens is 428 g/mol. The number of hydrogen-bond acceptors (Lipinski definition) is 4. The van der Waals surface area contributed by atoms with E-state index in [2.05, 4.69) is 0 Å². The molecule has 1 aliphatic heterocycles. The number of rotatable bonds is 7. The summed E-state index contributed by atoms with van der Waals surface area (Å²) in [5.41, 5.74) is 3.53. The van der Waals surface area contributed by atoms with Crippen LogP contribution in [0.5, 0.6) is 5.75 Å². The minimum absolute atomic E-state index is 0.0448. The molecule has 168 valence electrons. The number of carboxylic acids is 1. The zero-order chi connectivity index (χ0) is 22.7. The molecule has 1 spiro atoms. The first-order valence-electron chi connectivity index (χ1n) is 10.9. The Morgan fingerprint density at radius 2 is 1.78 bits per heavy atom. The number of carboxylic acid groups (broad SMARTS) is 1. The summed E-state index contributed by atoms with van der Waals surface area (Å²) in [4.78, 5) is 10.8. The molecule has 1 fully saturated rings. The van der Waals surface area contributed by atoms with Crippen molar-refractivity contribution >= 4 is 23.1 Å². The lowest BCUT2D eigenvalue weighted by molar-refractivity contribution is -0.139. The lowest BCUT2D eigenvalue weighted by Gasteiger charge is -2.39. The third-order valence-corrected chi connectivity index (χ3v) is 6.43. The number of halogens is 1. The second kappa shape index (κ2) is 9.49. The molecule has 0 amide bonds. The van der Waals surface area contributed by atoms with E-state index in [0.717, 1.165) is 53.7 Å². The van der Waals surface area contributed by atoms with Gasteiger partial charge in [0.05, 0.1) is 18.6 Å². The first kappa shape index (κ1) is 22.6. The van der Waals surface area contributed by atoms with Gasteiger partial charge in [-0.2, -0.15) is 0 Å². The van der Waals surface area contributed by atoms with E-state index in [1.807, 2.05) is 54.6 Å². The molecule has 1 saturated carbocycles. The number of benzene rings is 2. The van der Waals surface area contributed by atoms with Crippen LogP contribution in [0.4, 0.5) is 0 Å². The molecule has 4 rings (SSSR count). The van der Waals surface area contributed by atoms with Crippen molar-refractivity contribution in [3.8, 4) is 5.75 Å². The maximum absolute atomic E-state index is 10.8. The van der Waals surface area contributed by atoms with E-state index in [4.69, 9.17) is 21.4 Å². The molecule has 2 aromatic rings. The Morgan fingerprint density at radius 3 is 2.47 bits per heavy atom. The molecule has 3 N–H and O–H groups in total. The number of fused-ring (bicyclic) bond motifs is 1. The quantitative estimate of drug-likeness (QED) is 0.548. The van der Waals surface area contributed by atoms with Crippen molar-refractivity contribution in [1.82, 2.24) is 0 Å². The van der Waals surface area contributed by atoms with Gasteiger partial charge in [0.2, 0.25) is 0 Å². The van der Waals surface area contributed by atoms with Gasteiger partial charge >= 0.3 is 5.97 Å². The van der Waals surface area contributed by atoms with Crippen LogP contribution in [0.2, 0.25) is 5.02 Å². The molecule has 2 aliphatic rings. The summed E-state index contributed by atoms with van der Waals surface area (Å²) in [6, 6.07) is 15.7. The van der Waals surface area contributed by atoms with Crippen molar-refractivity contribution in [2.24, 2.45) is 0 Å². The minimum Gasteiger partial charge on any atom is -0.482 e. The van der Waals surface area contributed by atoms with Crippen molar-refractivity contribution in [2.45, 2.75) is 56.3 Å². The van der Waals surface area contributed by atoms with Gasteiger partial charge in [-0.1, -0.05) is 54.1 Å². The molecule has 0 bridgehead atoms. The Bertz CT molecular complexity index is 1030. The molecule has 2 atom stereocenters. The molecule has 6 heteroatoms. The van der Waals surface area contributed by atoms with Crippen molar-refractivity contribution in [3.63, 3.8) is 0 Å². The van der Waals surface area contributed by atoms with Crippen LogP contribution in [0.15, 0.2) is 66.3 Å². The summed E-state index contributed by atoms with van der Waals surface area (Å²) in [5, 5.41) is 29.9. The van der Waals surface area contributed by atoms with Crippen LogP contribution in [0.3, 0.4) is 0 Å². The number of carbonyl (C=O) groups is 1. The van der Waals surface area contributed by atoms with Crippen LogP contribution in [0.1, 0.15) is 49.7 Å². The fourth-order valence-corrected chi connectivity index (χ4v) is 4.86. The first-order valence-corrected chi connectivity index (χ1v) is 11.3. The Labute approximate surface area is 192 Å². The third kappa shape index (κ3) is 4.75. The number of ether oxygens (including phenoxy) is 1. The van der Waals surface area contributed by atoms with Crippen LogP contribution >= 0.6 is 11.6 Å². The number of hydrogen-bond donors (Lipinski definition) is 3. The average Bonchev–Trinajstić information content (AvgIpc) is 3.20. The van der Waals surface area contributed by atoms with Crippen LogP contribution in [0, 0.1) is 0 Å². The van der Waals surface area contributed by atoms with E-state index >= 15 is 0 Å². The molecule has 32 heavy (non-hydrogen) atoms. The lowest BCUT2D eigenvalue weighted by Crippen LogP contribution is -2.38. The SMILES string of the molecule is O=C(O)CC(O)CC(O)/C=C/C1=C(c2ccc(Cl)cc2)c2ccccc2OC12CCCC2. The smallest absolute Gasteiger partial charge is 0.305 e. The standard InChI is InChI=1S/C26H27ClO5/c27-18-9-7-17(8-10-18)25-21-5-1-2-6-23(21)32-26(13-3-4-14-26)22(25)12-11-19(28)15-20(29)16-24(30)31/h1-2,5-12,19-20,28-29H,3-4,13-16H2,(H,30,31)/b12-11+.